The first kappa shape index (κ1) is 73.2. The Kier molecular flexibility index (Phi) is 33.9. The van der Waals surface area contributed by atoms with Gasteiger partial charge in [0.05, 0.1) is 12.2 Å². The number of hydrogen-bond acceptors (Lipinski definition) is 18. The molecule has 0 aliphatic carbocycles. The summed E-state index contributed by atoms with van der Waals surface area (Å²) in [5.74, 6) is -9.52. The minimum Gasteiger partial charge on any atom is -0.391 e. The zero-order chi connectivity index (χ0) is 63.1. The van der Waals surface area contributed by atoms with Gasteiger partial charge in [0, 0.05) is 19.4 Å². The second-order valence-corrected chi connectivity index (χ2v) is 21.9. The van der Waals surface area contributed by atoms with E-state index in [-0.39, 0.29) is 90.0 Å². The Morgan fingerprint density at radius 1 is 0.536 bits per heavy atom. The number of benzene rings is 1. The van der Waals surface area contributed by atoms with Crippen molar-refractivity contribution in [3.05, 3.63) is 35.9 Å². The molecule has 84 heavy (non-hydrogen) atoms. The zero-order valence-electron chi connectivity index (χ0n) is 49.5. The maximum absolute atomic E-state index is 14.5. The van der Waals surface area contributed by atoms with Crippen LogP contribution in [0.25, 0.3) is 0 Å². The minimum absolute atomic E-state index is 0.0181. The number of aliphatic hydroxyl groups excluding tert-OH is 2. The SMILES string of the molecule is CC(C)CCCCC(=O)N[C@@H](CCN)C(=O)N[C@H](C(=O)N[C@@H](CCN)C(=O)NC1CCNC(=O)[C@H]([C@@H](C)O)NC(=O)[C@H](CCN)NC(=O)[C@H](CCN)NC(=O)[C@H](CC(C)C)NC(=O)[C@@H](Cc2ccccc2)NC(=O)C(CCN)NC1=O)[C@@H](C)O. The number of carbonyl (C=O) groups excluding carboxylic acids is 11. The molecule has 1 fully saturated rings. The van der Waals surface area contributed by atoms with Crippen LogP contribution in [0, 0.1) is 11.8 Å². The first-order valence-electron chi connectivity index (χ1n) is 29.0. The van der Waals surface area contributed by atoms with Crippen LogP contribution in [0.15, 0.2) is 30.3 Å². The molecule has 1 aliphatic heterocycles. The largest absolute Gasteiger partial charge is 0.391 e. The molecule has 1 aromatic carbocycles. The van der Waals surface area contributed by atoms with Crippen molar-refractivity contribution < 1.29 is 63.0 Å². The summed E-state index contributed by atoms with van der Waals surface area (Å²) >= 11 is 0. The van der Waals surface area contributed by atoms with E-state index < -0.39 is 151 Å². The van der Waals surface area contributed by atoms with Crippen LogP contribution in [0.2, 0.25) is 0 Å². The van der Waals surface area contributed by atoms with Crippen molar-refractivity contribution in [3.8, 4) is 0 Å². The molecule has 0 bridgehead atoms. The second kappa shape index (κ2) is 38.9. The molecule has 1 aliphatic rings. The van der Waals surface area contributed by atoms with E-state index in [9.17, 15) is 63.0 Å². The van der Waals surface area contributed by atoms with E-state index in [1.165, 1.54) is 13.8 Å². The van der Waals surface area contributed by atoms with Crippen LogP contribution in [-0.4, -0.2) is 187 Å². The van der Waals surface area contributed by atoms with Crippen molar-refractivity contribution in [2.45, 2.75) is 191 Å². The maximum atomic E-state index is 14.5. The predicted molar refractivity (Wildman–Crippen MR) is 312 cm³/mol. The summed E-state index contributed by atoms with van der Waals surface area (Å²) in [7, 11) is 0. The van der Waals surface area contributed by atoms with Gasteiger partial charge >= 0.3 is 0 Å². The molecule has 0 saturated carbocycles. The van der Waals surface area contributed by atoms with Gasteiger partial charge in [0.1, 0.15) is 60.4 Å². The van der Waals surface area contributed by atoms with Crippen molar-refractivity contribution >= 4 is 65.0 Å². The predicted octanol–water partition coefficient (Wildman–Crippen LogP) is -5.63. The Balaban J connectivity index is 2.69. The van der Waals surface area contributed by atoms with Gasteiger partial charge in [-0.2, -0.15) is 0 Å². The van der Waals surface area contributed by atoms with Crippen LogP contribution in [0.5, 0.6) is 0 Å². The van der Waals surface area contributed by atoms with Gasteiger partial charge in [-0.25, -0.2) is 0 Å². The van der Waals surface area contributed by atoms with E-state index in [0.717, 1.165) is 12.8 Å². The maximum Gasteiger partial charge on any atom is 0.245 e. The van der Waals surface area contributed by atoms with Gasteiger partial charge < -0.3 is 97.4 Å². The molecule has 0 spiro atoms. The molecule has 0 aromatic heterocycles. The Hall–Kier alpha value is -6.89. The highest BCUT2D eigenvalue weighted by Gasteiger charge is 2.37. The average Bonchev–Trinajstić information content (AvgIpc) is 3.63. The summed E-state index contributed by atoms with van der Waals surface area (Å²) < 4.78 is 0. The highest BCUT2D eigenvalue weighted by atomic mass is 16.3. The third-order valence-electron chi connectivity index (χ3n) is 13.6. The zero-order valence-corrected chi connectivity index (χ0v) is 49.5. The van der Waals surface area contributed by atoms with Crippen molar-refractivity contribution in [2.75, 3.05) is 39.3 Å². The molecule has 11 amide bonds. The smallest absolute Gasteiger partial charge is 0.245 e. The second-order valence-electron chi connectivity index (χ2n) is 21.9. The highest BCUT2D eigenvalue weighted by molar-refractivity contribution is 5.99. The Labute approximate surface area is 491 Å². The molecule has 1 aromatic rings. The number of nitrogens with two attached hydrogens (primary N) is 5. The fraction of sp³-hybridized carbons (Fsp3) is 0.691. The number of rotatable bonds is 28. The fourth-order valence-corrected chi connectivity index (χ4v) is 8.98. The molecule has 23 N–H and O–H groups in total. The quantitative estimate of drug-likeness (QED) is 0.0348. The van der Waals surface area contributed by atoms with E-state index >= 15 is 0 Å². The number of aliphatic hydroxyl groups is 2. The Bertz CT molecular complexity index is 2290. The van der Waals surface area contributed by atoms with E-state index in [4.69, 9.17) is 28.7 Å². The van der Waals surface area contributed by atoms with Crippen molar-refractivity contribution in [1.82, 2.24) is 58.5 Å². The molecule has 0 radical (unpaired) electrons. The van der Waals surface area contributed by atoms with Crippen molar-refractivity contribution in [1.29, 1.82) is 0 Å². The first-order chi connectivity index (χ1) is 39.8. The molecular weight excluding hydrogens is 1090 g/mol. The summed E-state index contributed by atoms with van der Waals surface area (Å²) in [6, 6.07) is -6.23. The highest BCUT2D eigenvalue weighted by Crippen LogP contribution is 2.12. The first-order valence-corrected chi connectivity index (χ1v) is 29.0. The summed E-state index contributed by atoms with van der Waals surface area (Å²) in [5.41, 5.74) is 29.9. The van der Waals surface area contributed by atoms with Crippen LogP contribution in [-0.2, 0) is 59.2 Å². The minimum atomic E-state index is -1.70. The van der Waals surface area contributed by atoms with Gasteiger partial charge in [0.15, 0.2) is 0 Å². The fourth-order valence-electron chi connectivity index (χ4n) is 8.98. The Morgan fingerprint density at radius 2 is 1.02 bits per heavy atom. The monoisotopic (exact) mass is 1190 g/mol. The van der Waals surface area contributed by atoms with Crippen LogP contribution >= 0.6 is 0 Å². The van der Waals surface area contributed by atoms with Crippen molar-refractivity contribution in [3.63, 3.8) is 0 Å². The number of hydrogen-bond donors (Lipinski definition) is 18. The van der Waals surface area contributed by atoms with E-state index in [1.807, 2.05) is 0 Å². The number of nitrogens with one attached hydrogen (secondary N) is 11. The molecule has 2 rings (SSSR count). The molecule has 29 heteroatoms. The average molecular weight is 1190 g/mol. The molecule has 474 valence electrons. The van der Waals surface area contributed by atoms with Gasteiger partial charge in [0.25, 0.3) is 0 Å². The lowest BCUT2D eigenvalue weighted by molar-refractivity contribution is -0.137. The third-order valence-corrected chi connectivity index (χ3v) is 13.6. The van der Waals surface area contributed by atoms with Gasteiger partial charge in [-0.05, 0) is 115 Å². The number of amides is 11. The lowest BCUT2D eigenvalue weighted by Crippen LogP contribution is -2.62. The van der Waals surface area contributed by atoms with Crippen LogP contribution in [0.3, 0.4) is 0 Å². The summed E-state index contributed by atoms with van der Waals surface area (Å²) in [5, 5.41) is 49.6. The van der Waals surface area contributed by atoms with Crippen LogP contribution in [0.1, 0.15) is 118 Å². The molecule has 29 nitrogen and oxygen atoms in total. The van der Waals surface area contributed by atoms with Gasteiger partial charge in [-0.3, -0.25) is 52.7 Å². The lowest BCUT2D eigenvalue weighted by atomic mass is 10.00. The molecule has 1 saturated heterocycles. The van der Waals surface area contributed by atoms with E-state index in [2.05, 4.69) is 72.3 Å². The third kappa shape index (κ3) is 26.4. The summed E-state index contributed by atoms with van der Waals surface area (Å²) in [6.45, 7) is 8.92. The van der Waals surface area contributed by atoms with Crippen molar-refractivity contribution in [2.24, 2.45) is 40.5 Å². The lowest BCUT2D eigenvalue weighted by Gasteiger charge is -2.29. The van der Waals surface area contributed by atoms with E-state index in [1.54, 1.807) is 44.2 Å². The summed E-state index contributed by atoms with van der Waals surface area (Å²) in [4.78, 5) is 154. The molecular formula is C55H96N16O13. The standard InChI is InChI=1S/C55H96N16O13/c1-30(2)12-10-11-15-43(74)62-35(16-22-56)50(79)71-45(33(6)73)55(84)67-38(19-25-59)47(76)66-40-21-27-61-54(83)44(32(5)72)70-51(80)39(20-26-60)64-46(75)36(17-23-57)65-52(81)41(28-31(3)4)68-53(82)42(29-34-13-8-7-9-14-34)69-48(77)37(18-24-58)63-49(40)78/h7-9,13-14,30-33,35-42,44-45,72-73H,10-12,15-29,56-60H2,1-6H3,(H,61,83)(H,62,74)(H,63,78)(H,64,75)(H,65,81)(H,66,76)(H,67,84)(H,68,82)(H,69,77)(H,70,80)(H,71,79)/t32-,33-,35+,36+,37?,38+,39+,40?,41+,42-,44+,45+/m1/s1. The van der Waals surface area contributed by atoms with Crippen LogP contribution in [0.4, 0.5) is 0 Å². The topological polar surface area (TPSA) is 491 Å². The summed E-state index contributed by atoms with van der Waals surface area (Å²) in [6.07, 6.45) is -2.10. The van der Waals surface area contributed by atoms with Crippen LogP contribution < -0.4 is 87.2 Å². The number of unbranched alkanes of at least 4 members (excludes halogenated alkanes) is 1. The normalized spacial score (nSPS) is 22.7. The van der Waals surface area contributed by atoms with Gasteiger partial charge in [0.2, 0.25) is 65.0 Å². The van der Waals surface area contributed by atoms with E-state index in [0.29, 0.717) is 17.9 Å². The molecule has 12 atom stereocenters. The molecule has 2 unspecified atom stereocenters. The number of carbonyl (C=O) groups is 11. The Morgan fingerprint density at radius 3 is 1.52 bits per heavy atom. The molecule has 1 heterocycles. The van der Waals surface area contributed by atoms with Gasteiger partial charge in [-0.15, -0.1) is 0 Å². The van der Waals surface area contributed by atoms with Gasteiger partial charge in [-0.1, -0.05) is 70.9 Å².